The molecular formula is C18H19NO. The lowest BCUT2D eigenvalue weighted by atomic mass is 9.94. The van der Waals surface area contributed by atoms with E-state index in [1.54, 1.807) is 0 Å². The first kappa shape index (κ1) is 12.0. The second kappa shape index (κ2) is 4.95. The van der Waals surface area contributed by atoms with E-state index in [2.05, 4.69) is 41.7 Å². The Morgan fingerprint density at radius 1 is 0.900 bits per heavy atom. The Labute approximate surface area is 119 Å². The van der Waals surface area contributed by atoms with Crippen LogP contribution in [0.15, 0.2) is 48.5 Å². The Bertz CT molecular complexity index is 573. The minimum atomic E-state index is 0.259. The molecule has 102 valence electrons. The van der Waals surface area contributed by atoms with Crippen LogP contribution in [0.1, 0.15) is 36.4 Å². The minimum Gasteiger partial charge on any atom is -0.457 e. The average Bonchev–Trinajstić information content (AvgIpc) is 3.31. The third kappa shape index (κ3) is 2.20. The Balaban J connectivity index is 1.64. The van der Waals surface area contributed by atoms with Crippen molar-refractivity contribution >= 4 is 0 Å². The number of benzene rings is 2. The van der Waals surface area contributed by atoms with Gasteiger partial charge in [0.25, 0.3) is 0 Å². The summed E-state index contributed by atoms with van der Waals surface area (Å²) in [5.74, 6) is 2.93. The van der Waals surface area contributed by atoms with Gasteiger partial charge in [0.05, 0.1) is 6.04 Å². The molecule has 4 rings (SSSR count). The number of ether oxygens (including phenoxy) is 1. The standard InChI is InChI=1S/C18H19NO/c1-3-7-16-14(5-1)18(19-12-11-13-9-10-13)15-6-2-4-8-17(15)20-16/h1-8,13,18-19H,9-12H2. The summed E-state index contributed by atoms with van der Waals surface area (Å²) in [6.45, 7) is 1.08. The van der Waals surface area contributed by atoms with Gasteiger partial charge in [-0.1, -0.05) is 49.2 Å². The molecule has 1 N–H and O–H groups in total. The summed E-state index contributed by atoms with van der Waals surface area (Å²) in [5.41, 5.74) is 2.50. The van der Waals surface area contributed by atoms with E-state index >= 15 is 0 Å². The summed E-state index contributed by atoms with van der Waals surface area (Å²) >= 11 is 0. The summed E-state index contributed by atoms with van der Waals surface area (Å²) in [7, 11) is 0. The molecule has 1 aliphatic heterocycles. The predicted molar refractivity (Wildman–Crippen MR) is 80.1 cm³/mol. The Hall–Kier alpha value is -1.80. The van der Waals surface area contributed by atoms with Gasteiger partial charge in [-0.05, 0) is 31.0 Å². The first-order valence-electron chi connectivity index (χ1n) is 7.51. The Morgan fingerprint density at radius 3 is 2.10 bits per heavy atom. The zero-order valence-electron chi connectivity index (χ0n) is 11.5. The van der Waals surface area contributed by atoms with Crippen LogP contribution < -0.4 is 10.1 Å². The molecule has 20 heavy (non-hydrogen) atoms. The molecule has 0 bridgehead atoms. The smallest absolute Gasteiger partial charge is 0.132 e. The third-order valence-electron chi connectivity index (χ3n) is 4.28. The maximum absolute atomic E-state index is 6.01. The highest BCUT2D eigenvalue weighted by atomic mass is 16.5. The van der Waals surface area contributed by atoms with Crippen LogP contribution in [0.5, 0.6) is 11.5 Å². The summed E-state index contributed by atoms with van der Waals surface area (Å²) in [6.07, 6.45) is 4.13. The van der Waals surface area contributed by atoms with Crippen molar-refractivity contribution in [3.05, 3.63) is 59.7 Å². The zero-order valence-corrected chi connectivity index (χ0v) is 11.5. The highest BCUT2D eigenvalue weighted by Gasteiger charge is 2.27. The van der Waals surface area contributed by atoms with E-state index in [4.69, 9.17) is 4.74 Å². The predicted octanol–water partition coefficient (Wildman–Crippen LogP) is 4.27. The fraction of sp³-hybridized carbons (Fsp3) is 0.333. The molecule has 2 nitrogen and oxygen atoms in total. The van der Waals surface area contributed by atoms with Crippen molar-refractivity contribution in [2.75, 3.05) is 6.54 Å². The summed E-state index contributed by atoms with van der Waals surface area (Å²) in [5, 5.41) is 3.73. The van der Waals surface area contributed by atoms with Gasteiger partial charge < -0.3 is 10.1 Å². The molecule has 0 radical (unpaired) electrons. The molecule has 1 fully saturated rings. The second-order valence-electron chi connectivity index (χ2n) is 5.80. The van der Waals surface area contributed by atoms with Gasteiger partial charge in [-0.3, -0.25) is 0 Å². The largest absolute Gasteiger partial charge is 0.457 e. The van der Waals surface area contributed by atoms with Crippen LogP contribution in [-0.2, 0) is 0 Å². The molecule has 2 aromatic carbocycles. The van der Waals surface area contributed by atoms with Crippen LogP contribution in [-0.4, -0.2) is 6.54 Å². The molecule has 0 saturated heterocycles. The number of hydrogen-bond acceptors (Lipinski definition) is 2. The van der Waals surface area contributed by atoms with Crippen LogP contribution in [0.2, 0.25) is 0 Å². The monoisotopic (exact) mass is 265 g/mol. The lowest BCUT2D eigenvalue weighted by Crippen LogP contribution is -2.26. The first-order valence-corrected chi connectivity index (χ1v) is 7.51. The van der Waals surface area contributed by atoms with E-state index < -0.39 is 0 Å². The minimum absolute atomic E-state index is 0.259. The molecule has 0 atom stereocenters. The number of para-hydroxylation sites is 2. The topological polar surface area (TPSA) is 21.3 Å². The Morgan fingerprint density at radius 2 is 1.50 bits per heavy atom. The third-order valence-corrected chi connectivity index (χ3v) is 4.28. The van der Waals surface area contributed by atoms with Crippen molar-refractivity contribution in [2.24, 2.45) is 5.92 Å². The molecule has 0 aromatic heterocycles. The maximum atomic E-state index is 6.01. The van der Waals surface area contributed by atoms with Gasteiger partial charge in [0.15, 0.2) is 0 Å². The van der Waals surface area contributed by atoms with E-state index in [9.17, 15) is 0 Å². The van der Waals surface area contributed by atoms with Crippen molar-refractivity contribution < 1.29 is 4.74 Å². The fourth-order valence-electron chi connectivity index (χ4n) is 2.97. The lowest BCUT2D eigenvalue weighted by Gasteiger charge is -2.29. The molecule has 2 aromatic rings. The lowest BCUT2D eigenvalue weighted by molar-refractivity contribution is 0.425. The van der Waals surface area contributed by atoms with Gasteiger partial charge in [0, 0.05) is 11.1 Å². The zero-order chi connectivity index (χ0) is 13.4. The highest BCUT2D eigenvalue weighted by Crippen LogP contribution is 2.42. The maximum Gasteiger partial charge on any atom is 0.132 e. The molecule has 1 aliphatic carbocycles. The van der Waals surface area contributed by atoms with E-state index in [0.717, 1.165) is 24.0 Å². The molecule has 0 unspecified atom stereocenters. The summed E-state index contributed by atoms with van der Waals surface area (Å²) < 4.78 is 6.01. The molecular weight excluding hydrogens is 246 g/mol. The molecule has 1 saturated carbocycles. The SMILES string of the molecule is c1ccc2c(c1)Oc1ccccc1C2NCCC1CC1. The second-order valence-corrected chi connectivity index (χ2v) is 5.80. The average molecular weight is 265 g/mol. The van der Waals surface area contributed by atoms with Gasteiger partial charge in [0.1, 0.15) is 11.5 Å². The van der Waals surface area contributed by atoms with Crippen molar-refractivity contribution in [3.8, 4) is 11.5 Å². The van der Waals surface area contributed by atoms with Gasteiger partial charge in [-0.2, -0.15) is 0 Å². The summed E-state index contributed by atoms with van der Waals surface area (Å²) in [4.78, 5) is 0. The van der Waals surface area contributed by atoms with Crippen LogP contribution in [0, 0.1) is 5.92 Å². The number of nitrogens with one attached hydrogen (secondary N) is 1. The quantitative estimate of drug-likeness (QED) is 0.891. The molecule has 0 spiro atoms. The molecule has 2 heteroatoms. The van der Waals surface area contributed by atoms with Gasteiger partial charge in [0.2, 0.25) is 0 Å². The van der Waals surface area contributed by atoms with Gasteiger partial charge in [-0.25, -0.2) is 0 Å². The van der Waals surface area contributed by atoms with E-state index in [1.165, 1.54) is 30.4 Å². The highest BCUT2D eigenvalue weighted by molar-refractivity contribution is 5.52. The van der Waals surface area contributed by atoms with E-state index in [-0.39, 0.29) is 6.04 Å². The first-order chi connectivity index (χ1) is 9.92. The Kier molecular flexibility index (Phi) is 2.96. The van der Waals surface area contributed by atoms with Gasteiger partial charge >= 0.3 is 0 Å². The number of hydrogen-bond donors (Lipinski definition) is 1. The molecule has 0 amide bonds. The van der Waals surface area contributed by atoms with Crippen LogP contribution in [0.4, 0.5) is 0 Å². The molecule has 1 heterocycles. The van der Waals surface area contributed by atoms with Crippen LogP contribution >= 0.6 is 0 Å². The van der Waals surface area contributed by atoms with E-state index in [0.29, 0.717) is 0 Å². The van der Waals surface area contributed by atoms with Crippen LogP contribution in [0.25, 0.3) is 0 Å². The number of fused-ring (bicyclic) bond motifs is 2. The normalized spacial score (nSPS) is 17.2. The van der Waals surface area contributed by atoms with Crippen molar-refractivity contribution in [1.29, 1.82) is 0 Å². The van der Waals surface area contributed by atoms with Gasteiger partial charge in [-0.15, -0.1) is 0 Å². The molecule has 2 aliphatic rings. The van der Waals surface area contributed by atoms with Crippen molar-refractivity contribution in [1.82, 2.24) is 5.32 Å². The fourth-order valence-corrected chi connectivity index (χ4v) is 2.97. The van der Waals surface area contributed by atoms with Crippen molar-refractivity contribution in [2.45, 2.75) is 25.3 Å². The summed E-state index contributed by atoms with van der Waals surface area (Å²) in [6, 6.07) is 17.0. The van der Waals surface area contributed by atoms with Crippen molar-refractivity contribution in [3.63, 3.8) is 0 Å². The number of rotatable bonds is 4. The van der Waals surface area contributed by atoms with E-state index in [1.807, 2.05) is 12.1 Å². The van der Waals surface area contributed by atoms with Crippen LogP contribution in [0.3, 0.4) is 0 Å².